The highest BCUT2D eigenvalue weighted by atomic mass is 19.1. The molecule has 1 amide bonds. The Hall–Kier alpha value is -3.23. The van der Waals surface area contributed by atoms with Crippen LogP contribution in [0.3, 0.4) is 0 Å². The third-order valence-corrected chi connectivity index (χ3v) is 6.61. The van der Waals surface area contributed by atoms with Crippen LogP contribution in [-0.2, 0) is 11.3 Å². The zero-order chi connectivity index (χ0) is 23.5. The molecule has 3 aromatic rings. The van der Waals surface area contributed by atoms with Crippen molar-refractivity contribution in [2.45, 2.75) is 31.8 Å². The number of nitrogens with one attached hydrogen (secondary N) is 2. The van der Waals surface area contributed by atoms with Crippen molar-refractivity contribution in [1.29, 1.82) is 0 Å². The molecule has 0 saturated carbocycles. The van der Waals surface area contributed by atoms with E-state index in [1.165, 1.54) is 6.07 Å². The van der Waals surface area contributed by atoms with E-state index in [0.717, 1.165) is 48.0 Å². The molecule has 2 aliphatic heterocycles. The van der Waals surface area contributed by atoms with Gasteiger partial charge in [-0.2, -0.15) is 5.10 Å². The zero-order valence-corrected chi connectivity index (χ0v) is 19.3. The minimum atomic E-state index is -0.269. The minimum Gasteiger partial charge on any atom is -0.496 e. The van der Waals surface area contributed by atoms with E-state index < -0.39 is 0 Å². The van der Waals surface area contributed by atoms with Crippen molar-refractivity contribution in [3.63, 3.8) is 0 Å². The van der Waals surface area contributed by atoms with Crippen LogP contribution >= 0.6 is 0 Å². The van der Waals surface area contributed by atoms with E-state index in [-0.39, 0.29) is 17.8 Å². The summed E-state index contributed by atoms with van der Waals surface area (Å²) in [6.45, 7) is 3.23. The van der Waals surface area contributed by atoms with E-state index >= 15 is 0 Å². The molecule has 2 aliphatic rings. The number of likely N-dealkylation sites (tertiary alicyclic amines) is 1. The Labute approximate surface area is 197 Å². The highest BCUT2D eigenvalue weighted by Gasteiger charge is 2.24. The van der Waals surface area contributed by atoms with Gasteiger partial charge in [0.1, 0.15) is 11.6 Å². The molecule has 178 valence electrons. The summed E-state index contributed by atoms with van der Waals surface area (Å²) in [7, 11) is 1.55. The summed E-state index contributed by atoms with van der Waals surface area (Å²) in [5, 5.41) is 11.7. The number of benzene rings is 2. The number of aromatic nitrogens is 2. The van der Waals surface area contributed by atoms with Gasteiger partial charge in [-0.3, -0.25) is 14.8 Å². The number of fused-ring (bicyclic) bond motifs is 1. The smallest absolute Gasteiger partial charge is 0.251 e. The summed E-state index contributed by atoms with van der Waals surface area (Å²) < 4.78 is 25.1. The fourth-order valence-corrected chi connectivity index (χ4v) is 4.84. The van der Waals surface area contributed by atoms with Gasteiger partial charge < -0.3 is 14.8 Å². The number of hydrogen-bond donors (Lipinski definition) is 2. The standard InChI is InChI=1S/C26H29FN4O3/c1-33-24-6-2-5-22(27)21(24)16-31-11-3-4-19(15-31)28-26(32)18-7-8-23-20(14-18)25(30-29-23)17-9-12-34-13-10-17/h2,5-9,14,19H,3-4,10-13,15-16H2,1H3,(H,28,32)(H,29,30)/t19-/m1/s1. The molecule has 1 saturated heterocycles. The van der Waals surface area contributed by atoms with Crippen molar-refractivity contribution in [3.8, 4) is 5.75 Å². The summed E-state index contributed by atoms with van der Waals surface area (Å²) in [6.07, 6.45) is 4.68. The lowest BCUT2D eigenvalue weighted by atomic mass is 10.0. The number of hydrogen-bond acceptors (Lipinski definition) is 5. The molecule has 3 heterocycles. The quantitative estimate of drug-likeness (QED) is 0.578. The van der Waals surface area contributed by atoms with E-state index in [2.05, 4.69) is 20.4 Å². The number of nitrogens with zero attached hydrogens (tertiary/aromatic N) is 2. The lowest BCUT2D eigenvalue weighted by molar-refractivity contribution is 0.0899. The summed E-state index contributed by atoms with van der Waals surface area (Å²) >= 11 is 0. The molecular weight excluding hydrogens is 435 g/mol. The number of halogens is 1. The van der Waals surface area contributed by atoms with Gasteiger partial charge in [0.2, 0.25) is 0 Å². The molecule has 1 atom stereocenters. The predicted molar refractivity (Wildman–Crippen MR) is 128 cm³/mol. The van der Waals surface area contributed by atoms with Gasteiger partial charge in [0.15, 0.2) is 0 Å². The Balaban J connectivity index is 1.28. The monoisotopic (exact) mass is 464 g/mol. The highest BCUT2D eigenvalue weighted by molar-refractivity contribution is 6.00. The van der Waals surface area contributed by atoms with Crippen molar-refractivity contribution in [3.05, 3.63) is 65.1 Å². The molecule has 5 rings (SSSR count). The van der Waals surface area contributed by atoms with Gasteiger partial charge in [0.25, 0.3) is 5.91 Å². The summed E-state index contributed by atoms with van der Waals surface area (Å²) in [4.78, 5) is 15.3. The first-order valence-electron chi connectivity index (χ1n) is 11.7. The summed E-state index contributed by atoms with van der Waals surface area (Å²) in [5.74, 6) is 0.176. The van der Waals surface area contributed by atoms with Crippen LogP contribution in [0, 0.1) is 5.82 Å². The lowest BCUT2D eigenvalue weighted by Crippen LogP contribution is -2.47. The van der Waals surface area contributed by atoms with Gasteiger partial charge in [-0.05, 0) is 61.7 Å². The normalized spacial score (nSPS) is 19.1. The molecule has 0 unspecified atom stereocenters. The third kappa shape index (κ3) is 4.69. The second-order valence-electron chi connectivity index (χ2n) is 8.86. The highest BCUT2D eigenvalue weighted by Crippen LogP contribution is 2.28. The fourth-order valence-electron chi connectivity index (χ4n) is 4.84. The Kier molecular flexibility index (Phi) is 6.60. The molecule has 2 aromatic carbocycles. The van der Waals surface area contributed by atoms with E-state index in [1.807, 2.05) is 24.3 Å². The second-order valence-corrected chi connectivity index (χ2v) is 8.86. The number of carbonyl (C=O) groups is 1. The first-order valence-corrected chi connectivity index (χ1v) is 11.7. The number of methoxy groups -OCH3 is 1. The van der Waals surface area contributed by atoms with E-state index in [4.69, 9.17) is 9.47 Å². The molecule has 0 aliphatic carbocycles. The predicted octanol–water partition coefficient (Wildman–Crippen LogP) is 3.91. The lowest BCUT2D eigenvalue weighted by Gasteiger charge is -2.33. The molecule has 0 radical (unpaired) electrons. The molecule has 8 heteroatoms. The maximum absolute atomic E-state index is 14.4. The number of carbonyl (C=O) groups excluding carboxylic acids is 1. The number of rotatable bonds is 6. The van der Waals surface area contributed by atoms with Crippen molar-refractivity contribution < 1.29 is 18.7 Å². The van der Waals surface area contributed by atoms with Gasteiger partial charge in [0, 0.05) is 35.6 Å². The Morgan fingerprint density at radius 3 is 3.09 bits per heavy atom. The average molecular weight is 465 g/mol. The van der Waals surface area contributed by atoms with Gasteiger partial charge >= 0.3 is 0 Å². The molecular formula is C26H29FN4O3. The van der Waals surface area contributed by atoms with Crippen LogP contribution < -0.4 is 10.1 Å². The van der Waals surface area contributed by atoms with Crippen molar-refractivity contribution >= 4 is 22.4 Å². The second kappa shape index (κ2) is 9.95. The zero-order valence-electron chi connectivity index (χ0n) is 19.3. The van der Waals surface area contributed by atoms with Crippen molar-refractivity contribution in [1.82, 2.24) is 20.4 Å². The van der Waals surface area contributed by atoms with Crippen LogP contribution in [0.2, 0.25) is 0 Å². The average Bonchev–Trinajstić information content (AvgIpc) is 3.29. The van der Waals surface area contributed by atoms with E-state index in [0.29, 0.717) is 43.2 Å². The van der Waals surface area contributed by atoms with E-state index in [9.17, 15) is 9.18 Å². The number of ether oxygens (including phenoxy) is 2. The Morgan fingerprint density at radius 2 is 2.26 bits per heavy atom. The Bertz CT molecular complexity index is 1220. The summed E-state index contributed by atoms with van der Waals surface area (Å²) in [6, 6.07) is 10.5. The minimum absolute atomic E-state index is 0.00302. The van der Waals surface area contributed by atoms with Crippen molar-refractivity contribution in [2.24, 2.45) is 0 Å². The Morgan fingerprint density at radius 1 is 1.35 bits per heavy atom. The van der Waals surface area contributed by atoms with Crippen LogP contribution in [0.1, 0.15) is 40.9 Å². The largest absolute Gasteiger partial charge is 0.496 e. The van der Waals surface area contributed by atoms with Crippen LogP contribution in [-0.4, -0.2) is 60.5 Å². The molecule has 1 fully saturated rings. The van der Waals surface area contributed by atoms with Crippen LogP contribution in [0.25, 0.3) is 16.5 Å². The first-order chi connectivity index (χ1) is 16.6. The molecule has 0 spiro atoms. The van der Waals surface area contributed by atoms with Crippen molar-refractivity contribution in [2.75, 3.05) is 33.4 Å². The first kappa shape index (κ1) is 22.6. The van der Waals surface area contributed by atoms with Gasteiger partial charge in [-0.15, -0.1) is 0 Å². The van der Waals surface area contributed by atoms with Crippen LogP contribution in [0.5, 0.6) is 5.75 Å². The molecule has 7 nitrogen and oxygen atoms in total. The number of aromatic amines is 1. The fraction of sp³-hybridized carbons (Fsp3) is 0.385. The molecule has 1 aromatic heterocycles. The van der Waals surface area contributed by atoms with Crippen LogP contribution in [0.4, 0.5) is 4.39 Å². The molecule has 2 N–H and O–H groups in total. The topological polar surface area (TPSA) is 79.5 Å². The van der Waals surface area contributed by atoms with E-state index in [1.54, 1.807) is 19.2 Å². The maximum Gasteiger partial charge on any atom is 0.251 e. The number of H-pyrrole nitrogens is 1. The summed E-state index contributed by atoms with van der Waals surface area (Å²) in [5.41, 5.74) is 4.09. The van der Waals surface area contributed by atoms with Crippen LogP contribution in [0.15, 0.2) is 42.5 Å². The maximum atomic E-state index is 14.4. The van der Waals surface area contributed by atoms with Gasteiger partial charge in [0.05, 0.1) is 31.5 Å². The van der Waals surface area contributed by atoms with Gasteiger partial charge in [-0.1, -0.05) is 12.1 Å². The number of amides is 1. The third-order valence-electron chi connectivity index (χ3n) is 6.61. The SMILES string of the molecule is COc1cccc(F)c1CN1CCC[C@@H](NC(=O)c2ccc3[nH]nc(C4=CCOCC4)c3c2)C1. The molecule has 34 heavy (non-hydrogen) atoms. The van der Waals surface area contributed by atoms with Gasteiger partial charge in [-0.25, -0.2) is 4.39 Å². The molecule has 0 bridgehead atoms. The number of piperidine rings is 1.